The zero-order valence-corrected chi connectivity index (χ0v) is 11.4. The van der Waals surface area contributed by atoms with E-state index in [0.717, 1.165) is 16.0 Å². The van der Waals surface area contributed by atoms with Crippen molar-refractivity contribution in [2.75, 3.05) is 32.2 Å². The van der Waals surface area contributed by atoms with E-state index in [0.29, 0.717) is 13.2 Å². The number of aliphatic hydroxyl groups is 1. The standard InChI is InChI=1S/C11H17BrN2O2/c1-8-10(12)4-5-11(13-8)14(2)6-9(15)7-16-3/h4-5,9,15H,6-7H2,1-3H3/t9-/m1/s1. The van der Waals surface area contributed by atoms with E-state index in [-0.39, 0.29) is 0 Å². The number of rotatable bonds is 5. The third-order valence-electron chi connectivity index (χ3n) is 2.24. The first-order valence-corrected chi connectivity index (χ1v) is 5.85. The van der Waals surface area contributed by atoms with Crippen LogP contribution in [0.5, 0.6) is 0 Å². The normalized spacial score (nSPS) is 12.6. The number of pyridine rings is 1. The number of hydrogen-bond donors (Lipinski definition) is 1. The van der Waals surface area contributed by atoms with Gasteiger partial charge in [-0.3, -0.25) is 0 Å². The van der Waals surface area contributed by atoms with Gasteiger partial charge < -0.3 is 14.7 Å². The van der Waals surface area contributed by atoms with Gasteiger partial charge >= 0.3 is 0 Å². The number of halogens is 1. The highest BCUT2D eigenvalue weighted by molar-refractivity contribution is 9.10. The average molecular weight is 289 g/mol. The Morgan fingerprint density at radius 3 is 2.81 bits per heavy atom. The topological polar surface area (TPSA) is 45.6 Å². The molecule has 0 bridgehead atoms. The van der Waals surface area contributed by atoms with Crippen molar-refractivity contribution in [3.63, 3.8) is 0 Å². The molecule has 0 saturated heterocycles. The minimum absolute atomic E-state index is 0.333. The van der Waals surface area contributed by atoms with Crippen LogP contribution in [-0.2, 0) is 4.74 Å². The van der Waals surface area contributed by atoms with E-state index in [2.05, 4.69) is 20.9 Å². The molecule has 0 aliphatic carbocycles. The third-order valence-corrected chi connectivity index (χ3v) is 3.08. The summed E-state index contributed by atoms with van der Waals surface area (Å²) in [4.78, 5) is 6.32. The first kappa shape index (κ1) is 13.4. The molecule has 90 valence electrons. The minimum Gasteiger partial charge on any atom is -0.389 e. The first-order valence-electron chi connectivity index (χ1n) is 5.06. The average Bonchev–Trinajstić information content (AvgIpc) is 2.22. The Labute approximate surface area is 104 Å². The van der Waals surface area contributed by atoms with Crippen molar-refractivity contribution in [3.05, 3.63) is 22.3 Å². The second-order valence-corrected chi connectivity index (χ2v) is 4.58. The molecule has 0 fully saturated rings. The van der Waals surface area contributed by atoms with Gasteiger partial charge in [0.05, 0.1) is 18.4 Å². The van der Waals surface area contributed by atoms with Crippen molar-refractivity contribution in [2.24, 2.45) is 0 Å². The summed E-state index contributed by atoms with van der Waals surface area (Å²) in [6, 6.07) is 3.87. The van der Waals surface area contributed by atoms with Crippen LogP contribution >= 0.6 is 15.9 Å². The summed E-state index contributed by atoms with van der Waals surface area (Å²) in [7, 11) is 3.47. The number of hydrogen-bond acceptors (Lipinski definition) is 4. The first-order chi connectivity index (χ1) is 7.54. The number of aromatic nitrogens is 1. The molecule has 0 amide bonds. The molecule has 0 aromatic carbocycles. The number of anilines is 1. The lowest BCUT2D eigenvalue weighted by Crippen LogP contribution is -2.32. The van der Waals surface area contributed by atoms with Crippen molar-refractivity contribution in [2.45, 2.75) is 13.0 Å². The van der Waals surface area contributed by atoms with Crippen LogP contribution in [0, 0.1) is 6.92 Å². The fourth-order valence-corrected chi connectivity index (χ4v) is 1.62. The summed E-state index contributed by atoms with van der Waals surface area (Å²) in [5.41, 5.74) is 0.936. The highest BCUT2D eigenvalue weighted by Crippen LogP contribution is 2.18. The van der Waals surface area contributed by atoms with Gasteiger partial charge in [-0.25, -0.2) is 4.98 Å². The SMILES string of the molecule is COC[C@H](O)CN(C)c1ccc(Br)c(C)n1. The van der Waals surface area contributed by atoms with Gasteiger partial charge in [0.15, 0.2) is 0 Å². The predicted molar refractivity (Wildman–Crippen MR) is 67.8 cm³/mol. The van der Waals surface area contributed by atoms with Gasteiger partial charge in [-0.1, -0.05) is 0 Å². The molecule has 5 heteroatoms. The Balaban J connectivity index is 2.65. The summed E-state index contributed by atoms with van der Waals surface area (Å²) in [5.74, 6) is 0.843. The lowest BCUT2D eigenvalue weighted by Gasteiger charge is -2.21. The zero-order valence-electron chi connectivity index (χ0n) is 9.77. The maximum atomic E-state index is 9.60. The van der Waals surface area contributed by atoms with Crippen molar-refractivity contribution in [1.29, 1.82) is 0 Å². The highest BCUT2D eigenvalue weighted by Gasteiger charge is 2.10. The maximum Gasteiger partial charge on any atom is 0.128 e. The smallest absolute Gasteiger partial charge is 0.128 e. The third kappa shape index (κ3) is 3.73. The summed E-state index contributed by atoms with van der Waals surface area (Å²) < 4.78 is 5.87. The monoisotopic (exact) mass is 288 g/mol. The Kier molecular flexibility index (Phi) is 5.18. The highest BCUT2D eigenvalue weighted by atomic mass is 79.9. The maximum absolute atomic E-state index is 9.60. The quantitative estimate of drug-likeness (QED) is 0.894. The second kappa shape index (κ2) is 6.18. The molecule has 1 atom stereocenters. The Bertz CT molecular complexity index is 347. The molecular weight excluding hydrogens is 272 g/mol. The Morgan fingerprint density at radius 2 is 2.25 bits per heavy atom. The zero-order chi connectivity index (χ0) is 12.1. The van der Waals surface area contributed by atoms with Gasteiger partial charge in [-0.15, -0.1) is 0 Å². The molecule has 0 unspecified atom stereocenters. The molecule has 1 heterocycles. The van der Waals surface area contributed by atoms with E-state index in [1.54, 1.807) is 7.11 Å². The molecule has 0 radical (unpaired) electrons. The van der Waals surface area contributed by atoms with Crippen molar-refractivity contribution in [1.82, 2.24) is 4.98 Å². The second-order valence-electron chi connectivity index (χ2n) is 3.73. The molecule has 0 aliphatic rings. The summed E-state index contributed by atoms with van der Waals surface area (Å²) in [5, 5.41) is 9.60. The number of aliphatic hydroxyl groups excluding tert-OH is 1. The predicted octanol–water partition coefficient (Wildman–Crippen LogP) is 1.60. The van der Waals surface area contributed by atoms with E-state index in [1.165, 1.54) is 0 Å². The molecule has 4 nitrogen and oxygen atoms in total. The number of likely N-dealkylation sites (N-methyl/N-ethyl adjacent to an activating group) is 1. The van der Waals surface area contributed by atoms with Crippen LogP contribution in [0.3, 0.4) is 0 Å². The fraction of sp³-hybridized carbons (Fsp3) is 0.545. The van der Waals surface area contributed by atoms with Crippen LogP contribution in [0.1, 0.15) is 5.69 Å². The summed E-state index contributed by atoms with van der Waals surface area (Å²) >= 11 is 3.40. The Hall–Kier alpha value is -0.650. The lowest BCUT2D eigenvalue weighted by atomic mass is 10.3. The fourth-order valence-electron chi connectivity index (χ4n) is 1.40. The largest absolute Gasteiger partial charge is 0.389 e. The van der Waals surface area contributed by atoms with Crippen LogP contribution < -0.4 is 4.90 Å². The van der Waals surface area contributed by atoms with Crippen LogP contribution in [0.2, 0.25) is 0 Å². The van der Waals surface area contributed by atoms with Crippen LogP contribution in [0.4, 0.5) is 5.82 Å². The van der Waals surface area contributed by atoms with Gasteiger partial charge in [0.25, 0.3) is 0 Å². The molecular formula is C11H17BrN2O2. The van der Waals surface area contributed by atoms with Crippen molar-refractivity contribution < 1.29 is 9.84 Å². The van der Waals surface area contributed by atoms with E-state index < -0.39 is 6.10 Å². The molecule has 16 heavy (non-hydrogen) atoms. The minimum atomic E-state index is -0.499. The number of methoxy groups -OCH3 is 1. The van der Waals surface area contributed by atoms with E-state index in [1.807, 2.05) is 31.0 Å². The van der Waals surface area contributed by atoms with Gasteiger partial charge in [-0.2, -0.15) is 0 Å². The van der Waals surface area contributed by atoms with Gasteiger partial charge in [0, 0.05) is 25.2 Å². The molecule has 1 aromatic rings. The number of ether oxygens (including phenoxy) is 1. The van der Waals surface area contributed by atoms with Gasteiger partial charge in [0.2, 0.25) is 0 Å². The van der Waals surface area contributed by atoms with Crippen molar-refractivity contribution in [3.8, 4) is 0 Å². The molecule has 0 aliphatic heterocycles. The van der Waals surface area contributed by atoms with E-state index in [9.17, 15) is 5.11 Å². The molecule has 0 saturated carbocycles. The Morgan fingerprint density at radius 1 is 1.56 bits per heavy atom. The number of nitrogens with zero attached hydrogens (tertiary/aromatic N) is 2. The van der Waals surface area contributed by atoms with Crippen LogP contribution in [-0.4, -0.2) is 43.5 Å². The lowest BCUT2D eigenvalue weighted by molar-refractivity contribution is 0.0694. The molecule has 0 spiro atoms. The van der Waals surface area contributed by atoms with Crippen molar-refractivity contribution >= 4 is 21.7 Å². The molecule has 1 rings (SSSR count). The van der Waals surface area contributed by atoms with Crippen LogP contribution in [0.15, 0.2) is 16.6 Å². The van der Waals surface area contributed by atoms with E-state index >= 15 is 0 Å². The summed E-state index contributed by atoms with van der Waals surface area (Å²) in [6.07, 6.45) is -0.499. The van der Waals surface area contributed by atoms with Crippen LogP contribution in [0.25, 0.3) is 0 Å². The van der Waals surface area contributed by atoms with Gasteiger partial charge in [-0.05, 0) is 35.0 Å². The van der Waals surface area contributed by atoms with Gasteiger partial charge in [0.1, 0.15) is 5.82 Å². The molecule has 1 N–H and O–H groups in total. The summed E-state index contributed by atoms with van der Waals surface area (Å²) in [6.45, 7) is 2.77. The molecule has 1 aromatic heterocycles. The van der Waals surface area contributed by atoms with E-state index in [4.69, 9.17) is 4.74 Å². The number of aryl methyl sites for hydroxylation is 1.